The molecule has 2 atom stereocenters. The Bertz CT molecular complexity index is 467. The highest BCUT2D eigenvalue weighted by Gasteiger charge is 2.24. The highest BCUT2D eigenvalue weighted by molar-refractivity contribution is 7.09. The van der Waals surface area contributed by atoms with Gasteiger partial charge in [-0.2, -0.15) is 0 Å². The van der Waals surface area contributed by atoms with Gasteiger partial charge in [-0.3, -0.25) is 4.79 Å². The van der Waals surface area contributed by atoms with E-state index in [1.165, 1.54) is 0 Å². The van der Waals surface area contributed by atoms with Crippen LogP contribution in [0, 0.1) is 12.8 Å². The second kappa shape index (κ2) is 6.30. The first-order valence-electron chi connectivity index (χ1n) is 6.71. The monoisotopic (exact) mass is 279 g/mol. The van der Waals surface area contributed by atoms with Gasteiger partial charge in [0.2, 0.25) is 5.91 Å². The van der Waals surface area contributed by atoms with E-state index in [9.17, 15) is 4.79 Å². The number of piperidine rings is 1. The highest BCUT2D eigenvalue weighted by atomic mass is 32.1. The fraction of sp³-hybridized carbons (Fsp3) is 0.571. The Morgan fingerprint density at radius 1 is 1.68 bits per heavy atom. The van der Waals surface area contributed by atoms with Crippen LogP contribution < -0.4 is 5.73 Å². The van der Waals surface area contributed by atoms with E-state index in [0.29, 0.717) is 5.92 Å². The standard InChI is InChI=1S/C14H21N3OS/c1-10(15)12-4-3-7-17(8-12)14(18)6-5-13-9-19-11(2)16-13/h5-6,9-10,12H,3-4,7-8,15H2,1-2H3/b6-5+. The van der Waals surface area contributed by atoms with Crippen molar-refractivity contribution in [2.24, 2.45) is 11.7 Å². The molecule has 2 rings (SSSR count). The fourth-order valence-electron chi connectivity index (χ4n) is 2.36. The van der Waals surface area contributed by atoms with E-state index in [2.05, 4.69) is 4.98 Å². The van der Waals surface area contributed by atoms with Gasteiger partial charge < -0.3 is 10.6 Å². The van der Waals surface area contributed by atoms with Crippen LogP contribution in [0.4, 0.5) is 0 Å². The normalized spacial score (nSPS) is 21.8. The second-order valence-corrected chi connectivity index (χ2v) is 6.23. The van der Waals surface area contributed by atoms with Gasteiger partial charge in [0, 0.05) is 30.6 Å². The van der Waals surface area contributed by atoms with E-state index in [0.717, 1.165) is 36.6 Å². The van der Waals surface area contributed by atoms with Crippen LogP contribution in [-0.4, -0.2) is 34.9 Å². The van der Waals surface area contributed by atoms with Crippen molar-refractivity contribution in [2.45, 2.75) is 32.7 Å². The number of carbonyl (C=O) groups excluding carboxylic acids is 1. The largest absolute Gasteiger partial charge is 0.339 e. The second-order valence-electron chi connectivity index (χ2n) is 5.17. The zero-order valence-electron chi connectivity index (χ0n) is 11.5. The highest BCUT2D eigenvalue weighted by Crippen LogP contribution is 2.19. The topological polar surface area (TPSA) is 59.2 Å². The molecule has 5 heteroatoms. The van der Waals surface area contributed by atoms with Gasteiger partial charge in [0.25, 0.3) is 0 Å². The van der Waals surface area contributed by atoms with Crippen molar-refractivity contribution in [3.8, 4) is 0 Å². The molecule has 1 aliphatic heterocycles. The molecule has 1 aliphatic rings. The predicted octanol–water partition coefficient (Wildman–Crippen LogP) is 2.05. The van der Waals surface area contributed by atoms with Crippen molar-refractivity contribution in [2.75, 3.05) is 13.1 Å². The Kier molecular flexibility index (Phi) is 4.71. The number of carbonyl (C=O) groups is 1. The van der Waals surface area contributed by atoms with E-state index < -0.39 is 0 Å². The number of aryl methyl sites for hydroxylation is 1. The first-order valence-corrected chi connectivity index (χ1v) is 7.59. The lowest BCUT2D eigenvalue weighted by Crippen LogP contribution is -2.44. The number of hydrogen-bond donors (Lipinski definition) is 1. The summed E-state index contributed by atoms with van der Waals surface area (Å²) in [4.78, 5) is 18.3. The molecule has 0 bridgehead atoms. The third-order valence-electron chi connectivity index (χ3n) is 3.55. The van der Waals surface area contributed by atoms with Gasteiger partial charge in [0.1, 0.15) is 0 Å². The fourth-order valence-corrected chi connectivity index (χ4v) is 2.94. The summed E-state index contributed by atoms with van der Waals surface area (Å²) in [6, 6.07) is 0.153. The molecule has 0 saturated carbocycles. The Hall–Kier alpha value is -1.20. The van der Waals surface area contributed by atoms with Crippen LogP contribution in [0.25, 0.3) is 6.08 Å². The molecule has 1 aromatic heterocycles. The average Bonchev–Trinajstić information content (AvgIpc) is 2.82. The maximum Gasteiger partial charge on any atom is 0.246 e. The third kappa shape index (κ3) is 3.88. The number of thiazole rings is 1. The third-order valence-corrected chi connectivity index (χ3v) is 4.34. The van der Waals surface area contributed by atoms with E-state index >= 15 is 0 Å². The van der Waals surface area contributed by atoms with Gasteiger partial charge >= 0.3 is 0 Å². The summed E-state index contributed by atoms with van der Waals surface area (Å²) in [6.07, 6.45) is 5.58. The molecule has 2 N–H and O–H groups in total. The van der Waals surface area contributed by atoms with Crippen LogP contribution in [0.5, 0.6) is 0 Å². The Balaban J connectivity index is 1.94. The molecule has 2 heterocycles. The number of rotatable bonds is 3. The maximum atomic E-state index is 12.1. The van der Waals surface area contributed by atoms with Crippen molar-refractivity contribution >= 4 is 23.3 Å². The Morgan fingerprint density at radius 3 is 3.11 bits per heavy atom. The minimum atomic E-state index is 0.0657. The van der Waals surface area contributed by atoms with Gasteiger partial charge in [0.05, 0.1) is 10.7 Å². The average molecular weight is 279 g/mol. The predicted molar refractivity (Wildman–Crippen MR) is 78.8 cm³/mol. The quantitative estimate of drug-likeness (QED) is 0.862. The smallest absolute Gasteiger partial charge is 0.246 e. The minimum absolute atomic E-state index is 0.0657. The van der Waals surface area contributed by atoms with Crippen molar-refractivity contribution in [1.82, 2.24) is 9.88 Å². The molecular weight excluding hydrogens is 258 g/mol. The van der Waals surface area contributed by atoms with E-state index in [4.69, 9.17) is 5.73 Å². The molecule has 1 amide bonds. The molecular formula is C14H21N3OS. The van der Waals surface area contributed by atoms with Crippen LogP contribution in [0.3, 0.4) is 0 Å². The molecule has 0 spiro atoms. The van der Waals surface area contributed by atoms with Crippen molar-refractivity contribution in [3.63, 3.8) is 0 Å². The summed E-state index contributed by atoms with van der Waals surface area (Å²) in [6.45, 7) is 5.59. The lowest BCUT2D eigenvalue weighted by atomic mass is 9.92. The molecule has 0 aliphatic carbocycles. The molecule has 0 aromatic carbocycles. The number of likely N-dealkylation sites (tertiary alicyclic amines) is 1. The van der Waals surface area contributed by atoms with E-state index in [1.807, 2.05) is 24.1 Å². The first-order chi connectivity index (χ1) is 9.06. The summed E-state index contributed by atoms with van der Waals surface area (Å²) in [5, 5.41) is 2.97. The van der Waals surface area contributed by atoms with Crippen LogP contribution in [-0.2, 0) is 4.79 Å². The van der Waals surface area contributed by atoms with Crippen molar-refractivity contribution < 1.29 is 4.79 Å². The molecule has 104 valence electrons. The Labute approximate surface area is 118 Å². The number of nitrogens with zero attached hydrogens (tertiary/aromatic N) is 2. The van der Waals surface area contributed by atoms with Crippen molar-refractivity contribution in [1.29, 1.82) is 0 Å². The van der Waals surface area contributed by atoms with Gasteiger partial charge in [-0.15, -0.1) is 11.3 Å². The molecule has 1 aromatic rings. The van der Waals surface area contributed by atoms with Gasteiger partial charge in [-0.05, 0) is 38.7 Å². The lowest BCUT2D eigenvalue weighted by Gasteiger charge is -2.34. The van der Waals surface area contributed by atoms with Crippen LogP contribution in [0.1, 0.15) is 30.5 Å². The summed E-state index contributed by atoms with van der Waals surface area (Å²) in [5.41, 5.74) is 6.79. The SMILES string of the molecule is Cc1nc(/C=C/C(=O)N2CCCC(C(C)N)C2)cs1. The van der Waals surface area contributed by atoms with Gasteiger partial charge in [-0.1, -0.05) is 0 Å². The van der Waals surface area contributed by atoms with Crippen LogP contribution in [0.15, 0.2) is 11.5 Å². The van der Waals surface area contributed by atoms with Crippen LogP contribution in [0.2, 0.25) is 0 Å². The molecule has 2 unspecified atom stereocenters. The first kappa shape index (κ1) is 14.2. The van der Waals surface area contributed by atoms with E-state index in [-0.39, 0.29) is 11.9 Å². The molecule has 19 heavy (non-hydrogen) atoms. The molecule has 4 nitrogen and oxygen atoms in total. The van der Waals surface area contributed by atoms with E-state index in [1.54, 1.807) is 23.5 Å². The number of amides is 1. The zero-order valence-corrected chi connectivity index (χ0v) is 12.3. The summed E-state index contributed by atoms with van der Waals surface area (Å²) < 4.78 is 0. The zero-order chi connectivity index (χ0) is 13.8. The summed E-state index contributed by atoms with van der Waals surface area (Å²) >= 11 is 1.59. The van der Waals surface area contributed by atoms with Crippen LogP contribution >= 0.6 is 11.3 Å². The Morgan fingerprint density at radius 2 is 2.47 bits per heavy atom. The summed E-state index contributed by atoms with van der Waals surface area (Å²) in [7, 11) is 0. The maximum absolute atomic E-state index is 12.1. The molecule has 1 saturated heterocycles. The lowest BCUT2D eigenvalue weighted by molar-refractivity contribution is -0.127. The number of aromatic nitrogens is 1. The minimum Gasteiger partial charge on any atom is -0.339 e. The molecule has 1 fully saturated rings. The van der Waals surface area contributed by atoms with Gasteiger partial charge in [-0.25, -0.2) is 4.98 Å². The van der Waals surface area contributed by atoms with Gasteiger partial charge in [0.15, 0.2) is 0 Å². The summed E-state index contributed by atoms with van der Waals surface area (Å²) in [5.74, 6) is 0.489. The van der Waals surface area contributed by atoms with Crippen molar-refractivity contribution in [3.05, 3.63) is 22.2 Å². The number of hydrogen-bond acceptors (Lipinski definition) is 4. The molecule has 0 radical (unpaired) electrons. The number of nitrogens with two attached hydrogens (primary N) is 1.